The fraction of sp³-hybridized carbons (Fsp3) is 0.250. The van der Waals surface area contributed by atoms with Gasteiger partial charge in [0.15, 0.2) is 5.78 Å². The largest absolute Gasteiger partial charge is 0.341 e. The summed E-state index contributed by atoms with van der Waals surface area (Å²) in [6, 6.07) is 3.69. The van der Waals surface area contributed by atoms with E-state index in [0.717, 1.165) is 11.4 Å². The lowest BCUT2D eigenvalue weighted by Crippen LogP contribution is -1.94. The molecule has 5 heteroatoms. The van der Waals surface area contributed by atoms with Gasteiger partial charge in [0.2, 0.25) is 0 Å². The van der Waals surface area contributed by atoms with Crippen molar-refractivity contribution in [1.29, 1.82) is 0 Å². The van der Waals surface area contributed by atoms with Gasteiger partial charge in [-0.25, -0.2) is 9.97 Å². The molecule has 4 nitrogen and oxygen atoms in total. The molecule has 0 saturated heterocycles. The number of ketones is 1. The Balaban J connectivity index is 2.53. The first-order valence-electron chi connectivity index (χ1n) is 5.20. The van der Waals surface area contributed by atoms with Crippen molar-refractivity contribution in [2.24, 2.45) is 0 Å². The first-order valence-corrected chi connectivity index (χ1v) is 5.58. The van der Waals surface area contributed by atoms with E-state index >= 15 is 0 Å². The lowest BCUT2D eigenvalue weighted by atomic mass is 10.2. The van der Waals surface area contributed by atoms with Gasteiger partial charge in [-0.05, 0) is 26.0 Å². The summed E-state index contributed by atoms with van der Waals surface area (Å²) in [5, 5.41) is 0.383. The fourth-order valence-corrected chi connectivity index (χ4v) is 1.92. The van der Waals surface area contributed by atoms with Gasteiger partial charge in [0.1, 0.15) is 16.7 Å². The van der Waals surface area contributed by atoms with Crippen LogP contribution in [0.15, 0.2) is 12.1 Å². The molecule has 2 heterocycles. The lowest BCUT2D eigenvalue weighted by Gasteiger charge is -2.00. The Hall–Kier alpha value is -1.68. The number of rotatable bonds is 2. The monoisotopic (exact) mass is 249 g/mol. The summed E-state index contributed by atoms with van der Waals surface area (Å²) < 4.78 is 0. The maximum absolute atomic E-state index is 11.3. The highest BCUT2D eigenvalue weighted by Crippen LogP contribution is 2.25. The van der Waals surface area contributed by atoms with Gasteiger partial charge in [-0.2, -0.15) is 0 Å². The highest BCUT2D eigenvalue weighted by Gasteiger charge is 2.14. The van der Waals surface area contributed by atoms with E-state index in [4.69, 9.17) is 11.6 Å². The average Bonchev–Trinajstić information content (AvgIpc) is 2.60. The second kappa shape index (κ2) is 4.30. The molecule has 0 aliphatic carbocycles. The van der Waals surface area contributed by atoms with Crippen LogP contribution in [0.5, 0.6) is 0 Å². The Morgan fingerprint density at radius 2 is 2.00 bits per heavy atom. The minimum absolute atomic E-state index is 0.0683. The molecule has 0 bridgehead atoms. The molecule has 0 unspecified atom stereocenters. The quantitative estimate of drug-likeness (QED) is 0.658. The zero-order chi connectivity index (χ0) is 12.6. The number of halogens is 1. The van der Waals surface area contributed by atoms with Crippen LogP contribution in [0, 0.1) is 13.8 Å². The highest BCUT2D eigenvalue weighted by molar-refractivity contribution is 6.32. The Kier molecular flexibility index (Phi) is 2.98. The number of imidazole rings is 1. The summed E-state index contributed by atoms with van der Waals surface area (Å²) in [6.07, 6.45) is 0. The SMILES string of the molecule is CC(=O)c1nc(-c2ccc(C)nc2Cl)[nH]c1C. The van der Waals surface area contributed by atoms with Gasteiger partial charge in [0, 0.05) is 18.3 Å². The number of nitrogens with one attached hydrogen (secondary N) is 1. The normalized spacial score (nSPS) is 10.6. The van der Waals surface area contributed by atoms with E-state index in [1.165, 1.54) is 6.92 Å². The number of carbonyl (C=O) groups is 1. The Labute approximate surface area is 104 Å². The standard InChI is InChI=1S/C12H12ClN3O/c1-6-4-5-9(11(13)14-6)12-15-7(2)10(16-12)8(3)17/h4-5H,1-3H3,(H,15,16). The molecule has 0 radical (unpaired) electrons. The smallest absolute Gasteiger partial charge is 0.179 e. The highest BCUT2D eigenvalue weighted by atomic mass is 35.5. The predicted octanol–water partition coefficient (Wildman–Crippen LogP) is 2.94. The maximum Gasteiger partial charge on any atom is 0.179 e. The van der Waals surface area contributed by atoms with Crippen LogP contribution >= 0.6 is 11.6 Å². The van der Waals surface area contributed by atoms with Crippen LogP contribution in [0.25, 0.3) is 11.4 Å². The van der Waals surface area contributed by atoms with Crippen LogP contribution in [0.3, 0.4) is 0 Å². The number of carbonyl (C=O) groups excluding carboxylic acids is 1. The van der Waals surface area contributed by atoms with Gasteiger partial charge in [0.25, 0.3) is 0 Å². The second-order valence-corrected chi connectivity index (χ2v) is 4.26. The first kappa shape index (κ1) is 11.8. The van der Waals surface area contributed by atoms with E-state index < -0.39 is 0 Å². The number of pyridine rings is 1. The minimum Gasteiger partial charge on any atom is -0.341 e. The molecule has 2 aromatic rings. The molecule has 0 saturated carbocycles. The number of nitrogens with zero attached hydrogens (tertiary/aromatic N) is 2. The molecular weight excluding hydrogens is 238 g/mol. The summed E-state index contributed by atoms with van der Waals surface area (Å²) in [6.45, 7) is 5.16. The van der Waals surface area contributed by atoms with Gasteiger partial charge < -0.3 is 4.98 Å². The van der Waals surface area contributed by atoms with Gasteiger partial charge in [-0.3, -0.25) is 4.79 Å². The number of aryl methyl sites for hydroxylation is 2. The van der Waals surface area contributed by atoms with Crippen molar-refractivity contribution in [3.63, 3.8) is 0 Å². The zero-order valence-corrected chi connectivity index (χ0v) is 10.6. The van der Waals surface area contributed by atoms with E-state index in [0.29, 0.717) is 22.2 Å². The first-order chi connectivity index (χ1) is 7.99. The molecule has 2 rings (SSSR count). The number of aromatic nitrogens is 3. The van der Waals surface area contributed by atoms with E-state index in [1.54, 1.807) is 0 Å². The molecule has 0 aliphatic heterocycles. The number of aromatic amines is 1. The summed E-state index contributed by atoms with van der Waals surface area (Å²) >= 11 is 6.05. The van der Waals surface area contributed by atoms with E-state index in [1.807, 2.05) is 26.0 Å². The molecule has 2 aromatic heterocycles. The molecule has 88 valence electrons. The third kappa shape index (κ3) is 2.22. The number of H-pyrrole nitrogens is 1. The third-order valence-electron chi connectivity index (χ3n) is 2.46. The zero-order valence-electron chi connectivity index (χ0n) is 9.84. The van der Waals surface area contributed by atoms with Crippen molar-refractivity contribution in [3.05, 3.63) is 34.4 Å². The van der Waals surface area contributed by atoms with Crippen molar-refractivity contribution in [3.8, 4) is 11.4 Å². The summed E-state index contributed by atoms with van der Waals surface area (Å²) in [4.78, 5) is 22.8. The molecule has 17 heavy (non-hydrogen) atoms. The number of hydrogen-bond donors (Lipinski definition) is 1. The average molecular weight is 250 g/mol. The van der Waals surface area contributed by atoms with Crippen molar-refractivity contribution in [2.75, 3.05) is 0 Å². The molecule has 0 fully saturated rings. The van der Waals surface area contributed by atoms with Gasteiger partial charge in [-0.1, -0.05) is 11.6 Å². The van der Waals surface area contributed by atoms with Crippen LogP contribution < -0.4 is 0 Å². The molecule has 0 aromatic carbocycles. The van der Waals surface area contributed by atoms with Crippen LogP contribution in [0.2, 0.25) is 5.15 Å². The minimum atomic E-state index is -0.0683. The predicted molar refractivity (Wildman–Crippen MR) is 66.3 cm³/mol. The van der Waals surface area contributed by atoms with Crippen LogP contribution in [0.1, 0.15) is 28.8 Å². The van der Waals surface area contributed by atoms with Crippen LogP contribution in [-0.4, -0.2) is 20.7 Å². The topological polar surface area (TPSA) is 58.6 Å². The molecule has 0 amide bonds. The van der Waals surface area contributed by atoms with Gasteiger partial charge in [0.05, 0.1) is 5.56 Å². The number of hydrogen-bond acceptors (Lipinski definition) is 3. The van der Waals surface area contributed by atoms with Crippen molar-refractivity contribution in [1.82, 2.24) is 15.0 Å². The maximum atomic E-state index is 11.3. The molecule has 0 atom stereocenters. The lowest BCUT2D eigenvalue weighted by molar-refractivity contribution is 0.101. The van der Waals surface area contributed by atoms with Crippen molar-refractivity contribution < 1.29 is 4.79 Å². The van der Waals surface area contributed by atoms with Crippen molar-refractivity contribution in [2.45, 2.75) is 20.8 Å². The Morgan fingerprint density at radius 1 is 1.29 bits per heavy atom. The van der Waals surface area contributed by atoms with E-state index in [-0.39, 0.29) is 5.78 Å². The third-order valence-corrected chi connectivity index (χ3v) is 2.75. The van der Waals surface area contributed by atoms with E-state index in [2.05, 4.69) is 15.0 Å². The van der Waals surface area contributed by atoms with Crippen LogP contribution in [0.4, 0.5) is 0 Å². The summed E-state index contributed by atoms with van der Waals surface area (Å²) in [5.41, 5.74) is 2.72. The summed E-state index contributed by atoms with van der Waals surface area (Å²) in [5.74, 6) is 0.506. The molecule has 1 N–H and O–H groups in total. The molecule has 0 aliphatic rings. The molecular formula is C12H12ClN3O. The number of Topliss-reactive ketones (excluding diaryl/α,β-unsaturated/α-hetero) is 1. The van der Waals surface area contributed by atoms with Crippen LogP contribution in [-0.2, 0) is 0 Å². The van der Waals surface area contributed by atoms with E-state index in [9.17, 15) is 4.79 Å². The van der Waals surface area contributed by atoms with Crippen molar-refractivity contribution >= 4 is 17.4 Å². The Morgan fingerprint density at radius 3 is 2.53 bits per heavy atom. The van der Waals surface area contributed by atoms with Gasteiger partial charge >= 0.3 is 0 Å². The molecule has 0 spiro atoms. The summed E-state index contributed by atoms with van der Waals surface area (Å²) in [7, 11) is 0. The second-order valence-electron chi connectivity index (χ2n) is 3.91. The fourth-order valence-electron chi connectivity index (χ4n) is 1.63. The van der Waals surface area contributed by atoms with Gasteiger partial charge in [-0.15, -0.1) is 0 Å². The Bertz CT molecular complexity index is 589.